The van der Waals surface area contributed by atoms with E-state index in [1.807, 2.05) is 35.7 Å². The van der Waals surface area contributed by atoms with Gasteiger partial charge < -0.3 is 10.5 Å². The number of ether oxygens (including phenoxy) is 1. The largest absolute Gasteiger partial charge is 0.462 e. The molecule has 0 saturated heterocycles. The van der Waals surface area contributed by atoms with Crippen molar-refractivity contribution in [2.75, 3.05) is 12.3 Å². The van der Waals surface area contributed by atoms with Gasteiger partial charge in [-0.1, -0.05) is 30.3 Å². The highest BCUT2D eigenvalue weighted by Crippen LogP contribution is 2.44. The van der Waals surface area contributed by atoms with E-state index in [2.05, 4.69) is 0 Å². The lowest BCUT2D eigenvalue weighted by Crippen LogP contribution is -2.07. The molecule has 0 saturated carbocycles. The van der Waals surface area contributed by atoms with Crippen molar-refractivity contribution in [1.82, 2.24) is 0 Å². The van der Waals surface area contributed by atoms with Gasteiger partial charge in [-0.05, 0) is 12.5 Å². The highest BCUT2D eigenvalue weighted by molar-refractivity contribution is 8.05. The van der Waals surface area contributed by atoms with E-state index < -0.39 is 5.97 Å². The molecule has 0 aliphatic rings. The minimum Gasteiger partial charge on any atom is -0.462 e. The van der Waals surface area contributed by atoms with Crippen molar-refractivity contribution >= 4 is 34.1 Å². The Labute approximate surface area is 125 Å². The predicted octanol–water partition coefficient (Wildman–Crippen LogP) is 3.75. The molecule has 0 amide bonds. The third-order valence-corrected chi connectivity index (χ3v) is 4.38. The Morgan fingerprint density at radius 1 is 1.45 bits per heavy atom. The summed E-state index contributed by atoms with van der Waals surface area (Å²) in [6.45, 7) is 2.02. The van der Waals surface area contributed by atoms with Crippen molar-refractivity contribution in [2.45, 2.75) is 11.1 Å². The first kappa shape index (κ1) is 14.4. The van der Waals surface area contributed by atoms with Crippen LogP contribution in [0.5, 0.6) is 0 Å². The summed E-state index contributed by atoms with van der Waals surface area (Å²) in [7, 11) is 0. The van der Waals surface area contributed by atoms with Crippen LogP contribution in [0, 0.1) is 10.7 Å². The topological polar surface area (TPSA) is 76.1 Å². The summed E-state index contributed by atoms with van der Waals surface area (Å²) < 4.78 is 5.77. The van der Waals surface area contributed by atoms with Crippen molar-refractivity contribution < 1.29 is 9.53 Å². The van der Waals surface area contributed by atoms with Gasteiger partial charge in [0.15, 0.2) is 0 Å². The van der Waals surface area contributed by atoms with Crippen molar-refractivity contribution in [2.24, 2.45) is 0 Å². The van der Waals surface area contributed by atoms with E-state index in [9.17, 15) is 4.79 Å². The number of rotatable bonds is 4. The number of thiocyanates is 1. The molecule has 0 aliphatic heterocycles. The Hall–Kier alpha value is -1.97. The number of thioether (sulfide) groups is 1. The van der Waals surface area contributed by atoms with Crippen LogP contribution in [0.3, 0.4) is 0 Å². The van der Waals surface area contributed by atoms with Gasteiger partial charge in [0, 0.05) is 17.3 Å². The minimum atomic E-state index is -0.454. The summed E-state index contributed by atoms with van der Waals surface area (Å²) in [5, 5.41) is 11.3. The van der Waals surface area contributed by atoms with Gasteiger partial charge in [-0.2, -0.15) is 5.26 Å². The minimum absolute atomic E-state index is 0.281. The molecular formula is C14H12N2O2S2. The fourth-order valence-corrected chi connectivity index (χ4v) is 3.58. The number of anilines is 1. The van der Waals surface area contributed by atoms with Crippen molar-refractivity contribution in [3.8, 4) is 16.5 Å². The third-order valence-electron chi connectivity index (χ3n) is 2.58. The first-order valence-electron chi connectivity index (χ1n) is 5.89. The zero-order valence-corrected chi connectivity index (χ0v) is 12.4. The number of nitrogens with two attached hydrogens (primary N) is 1. The van der Waals surface area contributed by atoms with Gasteiger partial charge in [-0.15, -0.1) is 11.3 Å². The Balaban J connectivity index is 2.62. The Morgan fingerprint density at radius 2 is 2.15 bits per heavy atom. The molecular weight excluding hydrogens is 292 g/mol. The molecule has 1 aromatic carbocycles. The molecule has 0 fully saturated rings. The molecule has 4 nitrogen and oxygen atoms in total. The summed E-state index contributed by atoms with van der Waals surface area (Å²) in [6.07, 6.45) is 0. The van der Waals surface area contributed by atoms with Gasteiger partial charge >= 0.3 is 5.97 Å². The van der Waals surface area contributed by atoms with E-state index in [4.69, 9.17) is 15.7 Å². The normalized spacial score (nSPS) is 10.0. The van der Waals surface area contributed by atoms with E-state index in [0.717, 1.165) is 17.3 Å². The van der Waals surface area contributed by atoms with Crippen LogP contribution in [-0.4, -0.2) is 12.6 Å². The Morgan fingerprint density at radius 3 is 2.75 bits per heavy atom. The number of carbonyl (C=O) groups excluding carboxylic acids is 1. The molecule has 1 heterocycles. The first-order valence-corrected chi connectivity index (χ1v) is 7.53. The van der Waals surface area contributed by atoms with E-state index in [1.54, 1.807) is 6.92 Å². The quantitative estimate of drug-likeness (QED) is 0.529. The van der Waals surface area contributed by atoms with E-state index in [-0.39, 0.29) is 6.61 Å². The molecule has 0 radical (unpaired) electrons. The van der Waals surface area contributed by atoms with Crippen molar-refractivity contribution in [3.63, 3.8) is 0 Å². The summed E-state index contributed by atoms with van der Waals surface area (Å²) in [6, 6.07) is 9.40. The molecule has 102 valence electrons. The standard InChI is InChI=1S/C14H12N2O2S2/c1-2-18-13(17)11-10(9-6-4-3-5-7-9)14(19-8-15)20-12(11)16/h3-7H,2,16H2,1H3. The van der Waals surface area contributed by atoms with Crippen molar-refractivity contribution in [1.29, 1.82) is 5.26 Å². The molecule has 0 aliphatic carbocycles. The fraction of sp³-hybridized carbons (Fsp3) is 0.143. The van der Waals surface area contributed by atoms with Crippen LogP contribution in [0.1, 0.15) is 17.3 Å². The average Bonchev–Trinajstić information content (AvgIpc) is 2.77. The number of nitriles is 1. The summed E-state index contributed by atoms with van der Waals surface area (Å²) >= 11 is 2.24. The number of hydrogen-bond donors (Lipinski definition) is 1. The van der Waals surface area contributed by atoms with Gasteiger partial charge in [-0.3, -0.25) is 0 Å². The molecule has 2 aromatic rings. The van der Waals surface area contributed by atoms with Gasteiger partial charge in [0.2, 0.25) is 0 Å². The lowest BCUT2D eigenvalue weighted by Gasteiger charge is -2.06. The van der Waals surface area contributed by atoms with E-state index >= 15 is 0 Å². The smallest absolute Gasteiger partial charge is 0.341 e. The van der Waals surface area contributed by atoms with Gasteiger partial charge in [0.25, 0.3) is 0 Å². The molecule has 0 bridgehead atoms. The summed E-state index contributed by atoms with van der Waals surface area (Å²) in [5.74, 6) is -0.454. The Bertz CT molecular complexity index is 660. The maximum Gasteiger partial charge on any atom is 0.341 e. The van der Waals surface area contributed by atoms with Crippen LogP contribution < -0.4 is 5.73 Å². The highest BCUT2D eigenvalue weighted by Gasteiger charge is 2.24. The predicted molar refractivity (Wildman–Crippen MR) is 81.6 cm³/mol. The van der Waals surface area contributed by atoms with Gasteiger partial charge in [0.05, 0.1) is 10.8 Å². The van der Waals surface area contributed by atoms with Crippen LogP contribution in [0.25, 0.3) is 11.1 Å². The first-order chi connectivity index (χ1) is 9.69. The maximum atomic E-state index is 12.1. The molecule has 2 rings (SSSR count). The number of esters is 1. The molecule has 0 unspecified atom stereocenters. The summed E-state index contributed by atoms with van der Waals surface area (Å²) in [4.78, 5) is 12.1. The number of thiophene rings is 1. The second-order valence-corrected chi connectivity index (χ2v) is 5.89. The van der Waals surface area contributed by atoms with Crippen LogP contribution >= 0.6 is 23.1 Å². The zero-order chi connectivity index (χ0) is 14.5. The molecule has 1 aromatic heterocycles. The fourth-order valence-electron chi connectivity index (χ4n) is 1.81. The number of nitrogens with zero attached hydrogens (tertiary/aromatic N) is 1. The average molecular weight is 304 g/mol. The summed E-state index contributed by atoms with van der Waals surface area (Å²) in [5.41, 5.74) is 7.81. The molecule has 0 spiro atoms. The Kier molecular flexibility index (Phi) is 4.66. The molecule has 2 N–H and O–H groups in total. The molecule has 20 heavy (non-hydrogen) atoms. The second kappa shape index (κ2) is 6.46. The number of carbonyl (C=O) groups is 1. The lowest BCUT2D eigenvalue weighted by atomic mass is 10.0. The number of hydrogen-bond acceptors (Lipinski definition) is 6. The van der Waals surface area contributed by atoms with Crippen LogP contribution in [0.4, 0.5) is 5.00 Å². The number of nitrogen functional groups attached to an aromatic ring is 1. The number of benzene rings is 1. The van der Waals surface area contributed by atoms with Crippen LogP contribution in [-0.2, 0) is 4.74 Å². The van der Waals surface area contributed by atoms with Crippen LogP contribution in [0.15, 0.2) is 34.5 Å². The van der Waals surface area contributed by atoms with E-state index in [1.165, 1.54) is 11.3 Å². The molecule has 6 heteroatoms. The second-order valence-electron chi connectivity index (χ2n) is 3.78. The van der Waals surface area contributed by atoms with Gasteiger partial charge in [0.1, 0.15) is 16.0 Å². The zero-order valence-electron chi connectivity index (χ0n) is 10.8. The van der Waals surface area contributed by atoms with Gasteiger partial charge in [-0.25, -0.2) is 4.79 Å². The monoisotopic (exact) mass is 304 g/mol. The lowest BCUT2D eigenvalue weighted by molar-refractivity contribution is 0.0529. The van der Waals surface area contributed by atoms with E-state index in [0.29, 0.717) is 20.3 Å². The third kappa shape index (κ3) is 2.79. The highest BCUT2D eigenvalue weighted by atomic mass is 32.2. The maximum absolute atomic E-state index is 12.1. The SMILES string of the molecule is CCOC(=O)c1c(N)sc(SC#N)c1-c1ccccc1. The molecule has 0 atom stereocenters. The van der Waals surface area contributed by atoms with Crippen molar-refractivity contribution in [3.05, 3.63) is 35.9 Å². The van der Waals surface area contributed by atoms with Crippen LogP contribution in [0.2, 0.25) is 0 Å².